The number of hydrogen-bond acceptors (Lipinski definition) is 2. The van der Waals surface area contributed by atoms with Crippen LogP contribution in [0, 0.1) is 17.7 Å². The number of carbonyl (C=O) groups excluding carboxylic acids is 2. The van der Waals surface area contributed by atoms with Crippen LogP contribution in [0.2, 0.25) is 0 Å². The largest absolute Gasteiger partial charge is 0.416 e. The third-order valence-electron chi connectivity index (χ3n) is 4.69. The predicted octanol–water partition coefficient (Wildman–Crippen LogP) is 4.07. The lowest BCUT2D eigenvalue weighted by Gasteiger charge is -2.33. The number of piperidine rings is 1. The molecule has 0 spiro atoms. The van der Waals surface area contributed by atoms with Crippen molar-refractivity contribution < 1.29 is 27.2 Å². The Morgan fingerprint density at radius 3 is 2.65 bits per heavy atom. The topological polar surface area (TPSA) is 49.4 Å². The number of carbonyl (C=O) groups is 2. The Hall–Kier alpha value is -2.12. The summed E-state index contributed by atoms with van der Waals surface area (Å²) < 4.78 is 52.1. The summed E-state index contributed by atoms with van der Waals surface area (Å²) in [6.07, 6.45) is -2.83. The highest BCUT2D eigenvalue weighted by Crippen LogP contribution is 2.32. The van der Waals surface area contributed by atoms with E-state index in [0.717, 1.165) is 0 Å². The second-order valence-corrected chi connectivity index (χ2v) is 6.61. The van der Waals surface area contributed by atoms with Gasteiger partial charge in [0, 0.05) is 19.0 Å². The van der Waals surface area contributed by atoms with Gasteiger partial charge < -0.3 is 10.2 Å². The summed E-state index contributed by atoms with van der Waals surface area (Å²) in [6.45, 7) is 4.44. The average molecular weight is 374 g/mol. The summed E-state index contributed by atoms with van der Waals surface area (Å²) in [5.41, 5.74) is -1.54. The lowest BCUT2D eigenvalue weighted by molar-refractivity contribution is -0.139. The summed E-state index contributed by atoms with van der Waals surface area (Å²) in [5.74, 6) is -2.29. The number of nitrogens with zero attached hydrogens (tertiary/aromatic N) is 1. The van der Waals surface area contributed by atoms with Gasteiger partial charge in [-0.2, -0.15) is 13.2 Å². The molecule has 0 radical (unpaired) electrons. The minimum absolute atomic E-state index is 0.0461. The third-order valence-corrected chi connectivity index (χ3v) is 4.69. The van der Waals surface area contributed by atoms with E-state index in [4.69, 9.17) is 0 Å². The molecule has 2 rings (SSSR count). The van der Waals surface area contributed by atoms with Crippen LogP contribution in [0.15, 0.2) is 18.2 Å². The quantitative estimate of drug-likeness (QED) is 0.808. The highest BCUT2D eigenvalue weighted by Gasteiger charge is 2.33. The molecule has 0 bridgehead atoms. The summed E-state index contributed by atoms with van der Waals surface area (Å²) in [4.78, 5) is 26.3. The first-order valence-electron chi connectivity index (χ1n) is 8.59. The minimum atomic E-state index is -4.63. The Bertz CT molecular complexity index is 676. The minimum Gasteiger partial charge on any atom is -0.342 e. The van der Waals surface area contributed by atoms with Crippen LogP contribution in [-0.4, -0.2) is 29.8 Å². The molecule has 1 aromatic carbocycles. The standard InChI is InChI=1S/C18H22F4N2O2/c1-3-11(2)17(26)24-8-4-5-12(10-24)16(25)23-15-9-13(18(20,21)22)6-7-14(15)19/h6-7,9,11-12H,3-5,8,10H2,1-2H3,(H,23,25). The number of likely N-dealkylation sites (tertiary alicyclic amines) is 1. The van der Waals surface area contributed by atoms with E-state index in [1.807, 2.05) is 13.8 Å². The number of halogens is 4. The average Bonchev–Trinajstić information content (AvgIpc) is 2.61. The van der Waals surface area contributed by atoms with Crippen molar-refractivity contribution in [1.82, 2.24) is 4.90 Å². The van der Waals surface area contributed by atoms with Crippen LogP contribution in [0.5, 0.6) is 0 Å². The molecule has 2 unspecified atom stereocenters. The molecule has 1 fully saturated rings. The summed E-state index contributed by atoms with van der Waals surface area (Å²) in [5, 5.41) is 2.24. The van der Waals surface area contributed by atoms with Crippen LogP contribution in [-0.2, 0) is 15.8 Å². The lowest BCUT2D eigenvalue weighted by Crippen LogP contribution is -2.45. The van der Waals surface area contributed by atoms with E-state index in [9.17, 15) is 27.2 Å². The molecule has 1 aromatic rings. The zero-order valence-corrected chi connectivity index (χ0v) is 14.7. The second-order valence-electron chi connectivity index (χ2n) is 6.61. The molecule has 4 nitrogen and oxygen atoms in total. The normalized spacial score (nSPS) is 19.2. The van der Waals surface area contributed by atoms with Gasteiger partial charge in [0.05, 0.1) is 17.2 Å². The van der Waals surface area contributed by atoms with Crippen molar-refractivity contribution in [2.45, 2.75) is 39.3 Å². The van der Waals surface area contributed by atoms with E-state index in [2.05, 4.69) is 5.32 Å². The van der Waals surface area contributed by atoms with E-state index in [1.165, 1.54) is 0 Å². The molecule has 26 heavy (non-hydrogen) atoms. The summed E-state index contributed by atoms with van der Waals surface area (Å²) in [6, 6.07) is 1.88. The number of rotatable bonds is 4. The monoisotopic (exact) mass is 374 g/mol. The van der Waals surface area contributed by atoms with Gasteiger partial charge in [-0.15, -0.1) is 0 Å². The Morgan fingerprint density at radius 1 is 1.35 bits per heavy atom. The fraction of sp³-hybridized carbons (Fsp3) is 0.556. The highest BCUT2D eigenvalue weighted by molar-refractivity contribution is 5.93. The van der Waals surface area contributed by atoms with Crippen LogP contribution in [0.25, 0.3) is 0 Å². The number of nitrogens with one attached hydrogen (secondary N) is 1. The van der Waals surface area contributed by atoms with Crippen molar-refractivity contribution in [1.29, 1.82) is 0 Å². The van der Waals surface area contributed by atoms with Crippen molar-refractivity contribution in [3.05, 3.63) is 29.6 Å². The Kier molecular flexibility index (Phi) is 6.26. The van der Waals surface area contributed by atoms with Gasteiger partial charge in [-0.3, -0.25) is 9.59 Å². The first kappa shape index (κ1) is 20.2. The summed E-state index contributed by atoms with van der Waals surface area (Å²) in [7, 11) is 0. The number of anilines is 1. The molecule has 1 saturated heterocycles. The molecule has 0 aromatic heterocycles. The second kappa shape index (κ2) is 8.05. The fourth-order valence-electron chi connectivity index (χ4n) is 2.91. The van der Waals surface area contributed by atoms with E-state index in [-0.39, 0.29) is 18.4 Å². The van der Waals surface area contributed by atoms with E-state index >= 15 is 0 Å². The fourth-order valence-corrected chi connectivity index (χ4v) is 2.91. The van der Waals surface area contributed by atoms with Crippen molar-refractivity contribution >= 4 is 17.5 Å². The zero-order chi connectivity index (χ0) is 19.5. The Morgan fingerprint density at radius 2 is 2.04 bits per heavy atom. The van der Waals surface area contributed by atoms with Crippen molar-refractivity contribution in [2.24, 2.45) is 11.8 Å². The summed E-state index contributed by atoms with van der Waals surface area (Å²) >= 11 is 0. The molecule has 0 aliphatic carbocycles. The van der Waals surface area contributed by atoms with Crippen LogP contribution in [0.1, 0.15) is 38.7 Å². The predicted molar refractivity (Wildman–Crippen MR) is 88.8 cm³/mol. The van der Waals surface area contributed by atoms with E-state index in [1.54, 1.807) is 4.90 Å². The van der Waals surface area contributed by atoms with Gasteiger partial charge in [-0.05, 0) is 37.5 Å². The molecule has 1 aliphatic heterocycles. The Balaban J connectivity index is 2.09. The molecule has 1 heterocycles. The number of hydrogen-bond donors (Lipinski definition) is 1. The molecule has 144 valence electrons. The van der Waals surface area contributed by atoms with E-state index in [0.29, 0.717) is 44.0 Å². The van der Waals surface area contributed by atoms with Crippen LogP contribution in [0.3, 0.4) is 0 Å². The maximum atomic E-state index is 13.8. The van der Waals surface area contributed by atoms with Crippen molar-refractivity contribution in [2.75, 3.05) is 18.4 Å². The van der Waals surface area contributed by atoms with Gasteiger partial charge in [-0.1, -0.05) is 13.8 Å². The van der Waals surface area contributed by atoms with Crippen LogP contribution < -0.4 is 5.32 Å². The van der Waals surface area contributed by atoms with Gasteiger partial charge >= 0.3 is 6.18 Å². The van der Waals surface area contributed by atoms with Gasteiger partial charge in [0.2, 0.25) is 11.8 Å². The molecule has 2 atom stereocenters. The van der Waals surface area contributed by atoms with Crippen LogP contribution >= 0.6 is 0 Å². The van der Waals surface area contributed by atoms with Crippen LogP contribution in [0.4, 0.5) is 23.2 Å². The van der Waals surface area contributed by atoms with Crippen molar-refractivity contribution in [3.63, 3.8) is 0 Å². The smallest absolute Gasteiger partial charge is 0.342 e. The first-order chi connectivity index (χ1) is 12.1. The molecular formula is C18H22F4N2O2. The van der Waals surface area contributed by atoms with Gasteiger partial charge in [0.15, 0.2) is 0 Å². The van der Waals surface area contributed by atoms with Gasteiger partial charge in [0.1, 0.15) is 5.82 Å². The molecule has 8 heteroatoms. The highest BCUT2D eigenvalue weighted by atomic mass is 19.4. The SMILES string of the molecule is CCC(C)C(=O)N1CCCC(C(=O)Nc2cc(C(F)(F)F)ccc2F)C1. The zero-order valence-electron chi connectivity index (χ0n) is 14.7. The molecular weight excluding hydrogens is 352 g/mol. The maximum absolute atomic E-state index is 13.8. The van der Waals surface area contributed by atoms with E-state index < -0.39 is 35.1 Å². The molecule has 2 amide bonds. The van der Waals surface area contributed by atoms with Crippen molar-refractivity contribution in [3.8, 4) is 0 Å². The van der Waals surface area contributed by atoms with Gasteiger partial charge in [-0.25, -0.2) is 4.39 Å². The third kappa shape index (κ3) is 4.74. The molecule has 0 saturated carbocycles. The Labute approximate surface area is 149 Å². The maximum Gasteiger partial charge on any atom is 0.416 e. The first-order valence-corrected chi connectivity index (χ1v) is 8.59. The number of benzene rings is 1. The molecule has 1 aliphatic rings. The van der Waals surface area contributed by atoms with Gasteiger partial charge in [0.25, 0.3) is 0 Å². The number of alkyl halides is 3. The molecule has 1 N–H and O–H groups in total. The lowest BCUT2D eigenvalue weighted by atomic mass is 9.95. The number of amides is 2.